The van der Waals surface area contributed by atoms with Crippen molar-refractivity contribution in [2.75, 3.05) is 26.8 Å². The molecule has 0 unspecified atom stereocenters. The molecule has 15 heavy (non-hydrogen) atoms. The summed E-state index contributed by atoms with van der Waals surface area (Å²) in [6.45, 7) is 4.42. The molecule has 0 saturated carbocycles. The van der Waals surface area contributed by atoms with Crippen LogP contribution in [0.25, 0.3) is 0 Å². The lowest BCUT2D eigenvalue weighted by molar-refractivity contribution is -0.216. The van der Waals surface area contributed by atoms with Gasteiger partial charge in [0.25, 0.3) is 0 Å². The first-order chi connectivity index (χ1) is 6.89. The quantitative estimate of drug-likeness (QED) is 0.396. The molecule has 0 aromatic rings. The van der Waals surface area contributed by atoms with E-state index in [1.165, 1.54) is 6.92 Å². The molecule has 0 atom stereocenters. The van der Waals surface area contributed by atoms with Gasteiger partial charge in [0.05, 0.1) is 6.54 Å². The summed E-state index contributed by atoms with van der Waals surface area (Å²) in [6.07, 6.45) is -3.20. The van der Waals surface area contributed by atoms with Crippen LogP contribution < -0.4 is 5.32 Å². The molecule has 88 valence electrons. The van der Waals surface area contributed by atoms with E-state index in [2.05, 4.69) is 21.4 Å². The summed E-state index contributed by atoms with van der Waals surface area (Å²) in [5.41, 5.74) is 0.275. The molecule has 0 fully saturated rings. The minimum Gasteiger partial charge on any atom is -0.461 e. The molecular formula is C9H15F2NO3. The molecule has 0 spiro atoms. The molecule has 4 nitrogen and oxygen atoms in total. The molecule has 0 amide bonds. The molecular weight excluding hydrogens is 208 g/mol. The van der Waals surface area contributed by atoms with Crippen LogP contribution >= 0.6 is 0 Å². The maximum Gasteiger partial charge on any atom is 0.367 e. The monoisotopic (exact) mass is 223 g/mol. The topological polar surface area (TPSA) is 47.6 Å². The molecule has 0 bridgehead atoms. The number of halogens is 2. The van der Waals surface area contributed by atoms with E-state index >= 15 is 0 Å². The fraction of sp³-hybridized carbons (Fsp3) is 0.667. The number of hydrogen-bond acceptors (Lipinski definition) is 4. The van der Waals surface area contributed by atoms with Gasteiger partial charge in [-0.05, 0) is 6.92 Å². The maximum absolute atomic E-state index is 12.5. The number of methoxy groups -OCH3 is 1. The summed E-state index contributed by atoms with van der Waals surface area (Å²) in [6, 6.07) is 0. The number of nitrogens with one attached hydrogen (secondary N) is 1. The van der Waals surface area contributed by atoms with Crippen molar-refractivity contribution in [2.45, 2.75) is 13.0 Å². The van der Waals surface area contributed by atoms with Crippen LogP contribution in [0.3, 0.4) is 0 Å². The zero-order chi connectivity index (χ0) is 11.9. The van der Waals surface area contributed by atoms with Crippen molar-refractivity contribution in [1.82, 2.24) is 5.32 Å². The standard InChI is InChI=1S/C9H15F2NO3/c1-7(2)8(13)15-5-4-12-6-9(10,11)14-3/h12H,1,4-6H2,2-3H3. The molecule has 0 rings (SSSR count). The molecule has 0 aromatic heterocycles. The second-order valence-electron chi connectivity index (χ2n) is 2.93. The number of ether oxygens (including phenoxy) is 2. The smallest absolute Gasteiger partial charge is 0.367 e. The van der Waals surface area contributed by atoms with Gasteiger partial charge in [0, 0.05) is 19.2 Å². The summed E-state index contributed by atoms with van der Waals surface area (Å²) in [7, 11) is 0.919. The highest BCUT2D eigenvalue weighted by atomic mass is 19.3. The summed E-state index contributed by atoms with van der Waals surface area (Å²) in [4.78, 5) is 10.8. The Labute approximate surface area is 87.2 Å². The number of carbonyl (C=O) groups is 1. The van der Waals surface area contributed by atoms with Crippen LogP contribution in [0.2, 0.25) is 0 Å². The third-order valence-electron chi connectivity index (χ3n) is 1.49. The minimum atomic E-state index is -3.20. The predicted octanol–water partition coefficient (Wildman–Crippen LogP) is 0.935. The molecule has 0 aliphatic rings. The van der Waals surface area contributed by atoms with Crippen LogP contribution in [0.5, 0.6) is 0 Å². The van der Waals surface area contributed by atoms with Gasteiger partial charge in [-0.1, -0.05) is 6.58 Å². The largest absolute Gasteiger partial charge is 0.461 e. The predicted molar refractivity (Wildman–Crippen MR) is 50.6 cm³/mol. The van der Waals surface area contributed by atoms with E-state index in [0.29, 0.717) is 0 Å². The van der Waals surface area contributed by atoms with E-state index in [0.717, 1.165) is 7.11 Å². The lowest BCUT2D eigenvalue weighted by Gasteiger charge is -2.14. The van der Waals surface area contributed by atoms with Crippen molar-refractivity contribution >= 4 is 5.97 Å². The average Bonchev–Trinajstić information content (AvgIpc) is 2.16. The van der Waals surface area contributed by atoms with Crippen LogP contribution in [0, 0.1) is 0 Å². The fourth-order valence-corrected chi connectivity index (χ4v) is 0.645. The van der Waals surface area contributed by atoms with Gasteiger partial charge in [-0.2, -0.15) is 8.78 Å². The molecule has 0 heterocycles. The van der Waals surface area contributed by atoms with Crippen LogP contribution in [-0.2, 0) is 14.3 Å². The Hall–Kier alpha value is -1.01. The number of alkyl halides is 2. The Kier molecular flexibility index (Phi) is 6.03. The van der Waals surface area contributed by atoms with Gasteiger partial charge in [-0.25, -0.2) is 4.79 Å². The van der Waals surface area contributed by atoms with Gasteiger partial charge in [-0.15, -0.1) is 0 Å². The second kappa shape index (κ2) is 6.47. The zero-order valence-electron chi connectivity index (χ0n) is 8.81. The Morgan fingerprint density at radius 2 is 2.13 bits per heavy atom. The van der Waals surface area contributed by atoms with Crippen molar-refractivity contribution < 1.29 is 23.0 Å². The summed E-state index contributed by atoms with van der Waals surface area (Å²) >= 11 is 0. The Bertz CT molecular complexity index is 231. The highest BCUT2D eigenvalue weighted by molar-refractivity contribution is 5.86. The lowest BCUT2D eigenvalue weighted by atomic mass is 10.4. The minimum absolute atomic E-state index is 0.0193. The molecule has 0 saturated heterocycles. The molecule has 1 N–H and O–H groups in total. The first-order valence-corrected chi connectivity index (χ1v) is 4.35. The van der Waals surface area contributed by atoms with Gasteiger partial charge in [0.2, 0.25) is 0 Å². The van der Waals surface area contributed by atoms with E-state index in [1.54, 1.807) is 0 Å². The number of hydrogen-bond donors (Lipinski definition) is 1. The van der Waals surface area contributed by atoms with Gasteiger partial charge >= 0.3 is 12.1 Å². The van der Waals surface area contributed by atoms with E-state index in [1.807, 2.05) is 0 Å². The van der Waals surface area contributed by atoms with Gasteiger partial charge in [0.1, 0.15) is 6.61 Å². The van der Waals surface area contributed by atoms with E-state index in [9.17, 15) is 13.6 Å². The van der Waals surface area contributed by atoms with E-state index in [4.69, 9.17) is 0 Å². The van der Waals surface area contributed by atoms with Crippen molar-refractivity contribution in [3.05, 3.63) is 12.2 Å². The summed E-state index contributed by atoms with van der Waals surface area (Å²) in [5, 5.41) is 2.39. The van der Waals surface area contributed by atoms with Crippen molar-refractivity contribution in [3.63, 3.8) is 0 Å². The first-order valence-electron chi connectivity index (χ1n) is 4.35. The maximum atomic E-state index is 12.5. The van der Waals surface area contributed by atoms with Gasteiger partial charge in [-0.3, -0.25) is 0 Å². The Morgan fingerprint density at radius 3 is 2.60 bits per heavy atom. The third kappa shape index (κ3) is 6.98. The zero-order valence-corrected chi connectivity index (χ0v) is 8.81. The fourth-order valence-electron chi connectivity index (χ4n) is 0.645. The Morgan fingerprint density at radius 1 is 1.53 bits per heavy atom. The number of rotatable bonds is 7. The Balaban J connectivity index is 3.48. The number of esters is 1. The molecule has 0 aromatic carbocycles. The third-order valence-corrected chi connectivity index (χ3v) is 1.49. The molecule has 6 heteroatoms. The number of carbonyl (C=O) groups excluding carboxylic acids is 1. The van der Waals surface area contributed by atoms with Crippen LogP contribution in [0.4, 0.5) is 8.78 Å². The van der Waals surface area contributed by atoms with E-state index in [-0.39, 0.29) is 18.7 Å². The van der Waals surface area contributed by atoms with Crippen LogP contribution in [0.1, 0.15) is 6.92 Å². The highest BCUT2D eigenvalue weighted by Gasteiger charge is 2.26. The van der Waals surface area contributed by atoms with Crippen LogP contribution in [-0.4, -0.2) is 38.9 Å². The SMILES string of the molecule is C=C(C)C(=O)OCCNCC(F)(F)OC. The summed E-state index contributed by atoms with van der Waals surface area (Å²) < 4.78 is 33.5. The normalized spacial score (nSPS) is 11.2. The highest BCUT2D eigenvalue weighted by Crippen LogP contribution is 2.11. The van der Waals surface area contributed by atoms with E-state index < -0.39 is 18.6 Å². The van der Waals surface area contributed by atoms with Crippen molar-refractivity contribution in [1.29, 1.82) is 0 Å². The molecule has 0 aliphatic heterocycles. The van der Waals surface area contributed by atoms with Gasteiger partial charge < -0.3 is 14.8 Å². The van der Waals surface area contributed by atoms with Crippen molar-refractivity contribution in [2.24, 2.45) is 0 Å². The van der Waals surface area contributed by atoms with Gasteiger partial charge in [0.15, 0.2) is 0 Å². The summed E-state index contributed by atoms with van der Waals surface area (Å²) in [5.74, 6) is -0.532. The second-order valence-corrected chi connectivity index (χ2v) is 2.93. The molecule has 0 radical (unpaired) electrons. The van der Waals surface area contributed by atoms with Crippen LogP contribution in [0.15, 0.2) is 12.2 Å². The lowest BCUT2D eigenvalue weighted by Crippen LogP contribution is -2.36. The first kappa shape index (κ1) is 14.0. The average molecular weight is 223 g/mol. The molecule has 0 aliphatic carbocycles. The van der Waals surface area contributed by atoms with Crippen molar-refractivity contribution in [3.8, 4) is 0 Å².